The summed E-state index contributed by atoms with van der Waals surface area (Å²) in [7, 11) is 1.64. The van der Waals surface area contributed by atoms with Gasteiger partial charge in [-0.15, -0.1) is 22.9 Å². The van der Waals surface area contributed by atoms with Crippen molar-refractivity contribution in [3.63, 3.8) is 0 Å². The van der Waals surface area contributed by atoms with Gasteiger partial charge >= 0.3 is 0 Å². The van der Waals surface area contributed by atoms with Crippen LogP contribution >= 0.6 is 22.9 Å². The van der Waals surface area contributed by atoms with Gasteiger partial charge in [-0.05, 0) is 29.7 Å². The number of hydrogen-bond acceptors (Lipinski definition) is 3. The molecule has 0 bridgehead atoms. The highest BCUT2D eigenvalue weighted by atomic mass is 35.5. The highest BCUT2D eigenvalue weighted by Crippen LogP contribution is 2.36. The third kappa shape index (κ3) is 2.41. The van der Waals surface area contributed by atoms with Crippen LogP contribution in [-0.4, -0.2) is 19.6 Å². The number of alkyl halides is 1. The lowest BCUT2D eigenvalue weighted by Crippen LogP contribution is -2.31. The van der Waals surface area contributed by atoms with Gasteiger partial charge in [-0.1, -0.05) is 12.1 Å². The van der Waals surface area contributed by atoms with E-state index in [1.54, 1.807) is 18.4 Å². The second-order valence-corrected chi connectivity index (χ2v) is 6.05. The van der Waals surface area contributed by atoms with Crippen molar-refractivity contribution in [2.24, 2.45) is 0 Å². The monoisotopic (exact) mass is 307 g/mol. The lowest BCUT2D eigenvalue weighted by atomic mass is 9.96. The smallest absolute Gasteiger partial charge is 0.251 e. The number of nitrogens with one attached hydrogen (secondary N) is 1. The van der Waals surface area contributed by atoms with Gasteiger partial charge in [-0.3, -0.25) is 4.79 Å². The number of halogens is 1. The van der Waals surface area contributed by atoms with Gasteiger partial charge in [0, 0.05) is 22.4 Å². The van der Waals surface area contributed by atoms with Crippen LogP contribution < -0.4 is 10.1 Å². The Balaban J connectivity index is 1.93. The van der Waals surface area contributed by atoms with Crippen molar-refractivity contribution < 1.29 is 9.53 Å². The summed E-state index contributed by atoms with van der Waals surface area (Å²) in [6.45, 7) is 0.706. The Morgan fingerprint density at radius 3 is 3.00 bits per heavy atom. The van der Waals surface area contributed by atoms with Crippen molar-refractivity contribution in [3.05, 3.63) is 51.2 Å². The SMILES string of the molecule is COc1csc(C(Cl)c2ccc3c(c2)C(=O)NCC3)c1. The van der Waals surface area contributed by atoms with E-state index in [-0.39, 0.29) is 11.3 Å². The van der Waals surface area contributed by atoms with Crippen molar-refractivity contribution in [2.45, 2.75) is 11.8 Å². The third-order valence-electron chi connectivity index (χ3n) is 3.43. The van der Waals surface area contributed by atoms with E-state index in [2.05, 4.69) is 5.32 Å². The van der Waals surface area contributed by atoms with E-state index in [4.69, 9.17) is 16.3 Å². The fourth-order valence-corrected chi connectivity index (χ4v) is 3.53. The summed E-state index contributed by atoms with van der Waals surface area (Å²) < 4.78 is 5.18. The number of amides is 1. The molecule has 1 aliphatic rings. The van der Waals surface area contributed by atoms with E-state index in [1.807, 2.05) is 29.6 Å². The normalized spacial score (nSPS) is 15.4. The Morgan fingerprint density at radius 2 is 2.25 bits per heavy atom. The molecule has 0 fully saturated rings. The van der Waals surface area contributed by atoms with Gasteiger partial charge in [0.2, 0.25) is 0 Å². The zero-order valence-electron chi connectivity index (χ0n) is 11.0. The molecule has 0 spiro atoms. The Morgan fingerprint density at radius 1 is 1.40 bits per heavy atom. The Kier molecular flexibility index (Phi) is 3.68. The van der Waals surface area contributed by atoms with Crippen LogP contribution in [-0.2, 0) is 6.42 Å². The van der Waals surface area contributed by atoms with Crippen LogP contribution in [0.3, 0.4) is 0 Å². The van der Waals surface area contributed by atoms with Gasteiger partial charge in [0.15, 0.2) is 0 Å². The van der Waals surface area contributed by atoms with Crippen molar-refractivity contribution in [3.8, 4) is 5.75 Å². The maximum Gasteiger partial charge on any atom is 0.251 e. The zero-order chi connectivity index (χ0) is 14.1. The number of ether oxygens (including phenoxy) is 1. The predicted octanol–water partition coefficient (Wildman–Crippen LogP) is 3.37. The molecule has 2 aromatic rings. The first kappa shape index (κ1) is 13.5. The maximum absolute atomic E-state index is 11.9. The van der Waals surface area contributed by atoms with Crippen molar-refractivity contribution in [1.82, 2.24) is 5.32 Å². The summed E-state index contributed by atoms with van der Waals surface area (Å²) in [6, 6.07) is 7.83. The van der Waals surface area contributed by atoms with E-state index in [1.165, 1.54) is 0 Å². The molecule has 5 heteroatoms. The molecule has 1 aromatic heterocycles. The van der Waals surface area contributed by atoms with E-state index < -0.39 is 0 Å². The molecule has 1 unspecified atom stereocenters. The molecule has 1 atom stereocenters. The van der Waals surface area contributed by atoms with Crippen LogP contribution in [0.1, 0.15) is 31.7 Å². The lowest BCUT2D eigenvalue weighted by molar-refractivity contribution is 0.0946. The molecule has 1 aliphatic heterocycles. The molecule has 3 rings (SSSR count). The van der Waals surface area contributed by atoms with E-state index >= 15 is 0 Å². The number of fused-ring (bicyclic) bond motifs is 1. The zero-order valence-corrected chi connectivity index (χ0v) is 12.6. The molecule has 0 saturated heterocycles. The minimum atomic E-state index is -0.260. The molecule has 2 heterocycles. The molecule has 1 amide bonds. The number of carbonyl (C=O) groups excluding carboxylic acids is 1. The van der Waals surface area contributed by atoms with Gasteiger partial charge in [-0.2, -0.15) is 0 Å². The third-order valence-corrected chi connectivity index (χ3v) is 5.02. The number of thiophene rings is 1. The van der Waals surface area contributed by atoms with Crippen molar-refractivity contribution >= 4 is 28.8 Å². The number of methoxy groups -OCH3 is 1. The number of hydrogen-bond donors (Lipinski definition) is 1. The molecule has 0 saturated carbocycles. The molecule has 1 aromatic carbocycles. The first-order valence-corrected chi connectivity index (χ1v) is 7.68. The van der Waals surface area contributed by atoms with Crippen LogP contribution in [0.2, 0.25) is 0 Å². The van der Waals surface area contributed by atoms with Gasteiger partial charge in [0.1, 0.15) is 5.75 Å². The minimum Gasteiger partial charge on any atom is -0.496 e. The predicted molar refractivity (Wildman–Crippen MR) is 81.0 cm³/mol. The van der Waals surface area contributed by atoms with Crippen LogP contribution in [0.15, 0.2) is 29.6 Å². The number of benzene rings is 1. The first-order chi connectivity index (χ1) is 9.69. The first-order valence-electron chi connectivity index (χ1n) is 6.36. The second-order valence-electron chi connectivity index (χ2n) is 4.67. The van der Waals surface area contributed by atoms with Crippen LogP contribution in [0, 0.1) is 0 Å². The van der Waals surface area contributed by atoms with Gasteiger partial charge in [-0.25, -0.2) is 0 Å². The number of carbonyl (C=O) groups is 1. The van der Waals surface area contributed by atoms with Crippen LogP contribution in [0.5, 0.6) is 5.75 Å². The average molecular weight is 308 g/mol. The van der Waals surface area contributed by atoms with Gasteiger partial charge < -0.3 is 10.1 Å². The summed E-state index contributed by atoms with van der Waals surface area (Å²) in [5, 5.41) is 4.52. The maximum atomic E-state index is 11.9. The summed E-state index contributed by atoms with van der Waals surface area (Å²) in [4.78, 5) is 12.9. The van der Waals surface area contributed by atoms with Gasteiger partial charge in [0.25, 0.3) is 5.91 Å². The molecule has 20 heavy (non-hydrogen) atoms. The standard InChI is InChI=1S/C15H14ClNO2S/c1-19-11-7-13(20-8-11)14(16)10-3-2-9-4-5-17-15(18)12(9)6-10/h2-3,6-8,14H,4-5H2,1H3,(H,17,18). The molecule has 0 aliphatic carbocycles. The molecule has 1 N–H and O–H groups in total. The van der Waals surface area contributed by atoms with Crippen LogP contribution in [0.25, 0.3) is 0 Å². The van der Waals surface area contributed by atoms with E-state index in [0.717, 1.165) is 33.7 Å². The topological polar surface area (TPSA) is 38.3 Å². The van der Waals surface area contributed by atoms with Crippen LogP contribution in [0.4, 0.5) is 0 Å². The Hall–Kier alpha value is -1.52. The highest BCUT2D eigenvalue weighted by molar-refractivity contribution is 7.10. The lowest BCUT2D eigenvalue weighted by Gasteiger charge is -2.18. The molecule has 3 nitrogen and oxygen atoms in total. The van der Waals surface area contributed by atoms with Crippen molar-refractivity contribution in [1.29, 1.82) is 0 Å². The molecular formula is C15H14ClNO2S. The second kappa shape index (κ2) is 5.46. The summed E-state index contributed by atoms with van der Waals surface area (Å²) in [6.07, 6.45) is 0.876. The Labute approximate surface area is 126 Å². The summed E-state index contributed by atoms with van der Waals surface area (Å²) in [5.41, 5.74) is 2.76. The quantitative estimate of drug-likeness (QED) is 0.883. The van der Waals surface area contributed by atoms with Gasteiger partial charge in [0.05, 0.1) is 12.5 Å². The van der Waals surface area contributed by atoms with E-state index in [9.17, 15) is 4.79 Å². The summed E-state index contributed by atoms with van der Waals surface area (Å²) >= 11 is 8.07. The molecule has 104 valence electrons. The fourth-order valence-electron chi connectivity index (χ4n) is 2.33. The average Bonchev–Trinajstić information content (AvgIpc) is 2.95. The van der Waals surface area contributed by atoms with Crippen molar-refractivity contribution in [2.75, 3.05) is 13.7 Å². The molecule has 0 radical (unpaired) electrons. The Bertz CT molecular complexity index is 653. The highest BCUT2D eigenvalue weighted by Gasteiger charge is 2.20. The molecular weight excluding hydrogens is 294 g/mol. The fraction of sp³-hybridized carbons (Fsp3) is 0.267. The summed E-state index contributed by atoms with van der Waals surface area (Å²) in [5.74, 6) is 0.798. The minimum absolute atomic E-state index is 0.0132. The number of rotatable bonds is 3. The van der Waals surface area contributed by atoms with E-state index in [0.29, 0.717) is 6.54 Å². The largest absolute Gasteiger partial charge is 0.496 e.